The minimum Gasteiger partial charge on any atom is -0.314 e. The first-order valence-electron chi connectivity index (χ1n) is 8.31. The molecule has 0 heterocycles. The van der Waals surface area contributed by atoms with Crippen molar-refractivity contribution in [3.05, 3.63) is 33.4 Å². The standard InChI is InChI=1S/C19H31N/c1-13-14(2)16(4)19(17(5)15(13)3)9-7-6-8-12-20-18-10-11-18/h18,20H,6-12H2,1-5H3. The van der Waals surface area contributed by atoms with Gasteiger partial charge < -0.3 is 5.32 Å². The Bertz CT molecular complexity index is 440. The van der Waals surface area contributed by atoms with Crippen LogP contribution in [0.25, 0.3) is 0 Å². The van der Waals surface area contributed by atoms with Gasteiger partial charge in [0.2, 0.25) is 0 Å². The van der Waals surface area contributed by atoms with Crippen LogP contribution in [0.15, 0.2) is 0 Å². The van der Waals surface area contributed by atoms with Crippen molar-refractivity contribution in [1.29, 1.82) is 0 Å². The van der Waals surface area contributed by atoms with Crippen LogP contribution >= 0.6 is 0 Å². The zero-order valence-corrected chi connectivity index (χ0v) is 14.0. The molecule has 1 N–H and O–H groups in total. The van der Waals surface area contributed by atoms with Gasteiger partial charge >= 0.3 is 0 Å². The molecule has 0 aromatic heterocycles. The van der Waals surface area contributed by atoms with E-state index in [1.54, 1.807) is 5.56 Å². The second kappa shape index (κ2) is 6.76. The maximum Gasteiger partial charge on any atom is 0.00682 e. The lowest BCUT2D eigenvalue weighted by molar-refractivity contribution is 0.599. The fourth-order valence-electron chi connectivity index (χ4n) is 3.15. The predicted molar refractivity (Wildman–Crippen MR) is 88.7 cm³/mol. The topological polar surface area (TPSA) is 12.0 Å². The van der Waals surface area contributed by atoms with Crippen molar-refractivity contribution in [1.82, 2.24) is 5.32 Å². The second-order valence-electron chi connectivity index (χ2n) is 6.64. The highest BCUT2D eigenvalue weighted by Gasteiger charge is 2.19. The molecule has 0 aliphatic heterocycles. The van der Waals surface area contributed by atoms with E-state index < -0.39 is 0 Å². The lowest BCUT2D eigenvalue weighted by Crippen LogP contribution is -2.17. The third-order valence-corrected chi connectivity index (χ3v) is 5.27. The highest BCUT2D eigenvalue weighted by atomic mass is 14.9. The summed E-state index contributed by atoms with van der Waals surface area (Å²) in [6.45, 7) is 12.6. The van der Waals surface area contributed by atoms with E-state index in [2.05, 4.69) is 39.9 Å². The predicted octanol–water partition coefficient (Wildman–Crippen LogP) is 4.69. The number of hydrogen-bond donors (Lipinski definition) is 1. The molecule has 0 spiro atoms. The number of benzene rings is 1. The summed E-state index contributed by atoms with van der Waals surface area (Å²) in [4.78, 5) is 0. The maximum atomic E-state index is 3.60. The molecule has 2 rings (SSSR count). The van der Waals surface area contributed by atoms with Crippen molar-refractivity contribution in [3.63, 3.8) is 0 Å². The lowest BCUT2D eigenvalue weighted by Gasteiger charge is -2.18. The molecule has 1 aromatic rings. The van der Waals surface area contributed by atoms with Gasteiger partial charge in [0.25, 0.3) is 0 Å². The molecule has 0 unspecified atom stereocenters. The highest BCUT2D eigenvalue weighted by Crippen LogP contribution is 2.27. The van der Waals surface area contributed by atoms with E-state index in [1.165, 1.54) is 72.9 Å². The van der Waals surface area contributed by atoms with Crippen LogP contribution in [-0.4, -0.2) is 12.6 Å². The average molecular weight is 273 g/mol. The fraction of sp³-hybridized carbons (Fsp3) is 0.684. The van der Waals surface area contributed by atoms with Crippen molar-refractivity contribution in [3.8, 4) is 0 Å². The van der Waals surface area contributed by atoms with Crippen molar-refractivity contribution in [2.75, 3.05) is 6.54 Å². The molecule has 1 nitrogen and oxygen atoms in total. The zero-order chi connectivity index (χ0) is 14.7. The molecule has 0 bridgehead atoms. The van der Waals surface area contributed by atoms with Gasteiger partial charge in [-0.3, -0.25) is 0 Å². The molecule has 0 amide bonds. The normalized spacial score (nSPS) is 14.8. The molecule has 0 saturated heterocycles. The van der Waals surface area contributed by atoms with Gasteiger partial charge in [0, 0.05) is 6.04 Å². The molecule has 1 fully saturated rings. The van der Waals surface area contributed by atoms with Crippen molar-refractivity contribution in [2.45, 2.75) is 79.2 Å². The molecular weight excluding hydrogens is 242 g/mol. The smallest absolute Gasteiger partial charge is 0.00682 e. The summed E-state index contributed by atoms with van der Waals surface area (Å²) in [6.07, 6.45) is 8.07. The molecule has 1 saturated carbocycles. The van der Waals surface area contributed by atoms with Gasteiger partial charge in [0.1, 0.15) is 0 Å². The Kier molecular flexibility index (Phi) is 5.26. The Labute approximate surface area is 125 Å². The van der Waals surface area contributed by atoms with Crippen LogP contribution in [0.4, 0.5) is 0 Å². The van der Waals surface area contributed by atoms with Crippen LogP contribution in [0.5, 0.6) is 0 Å². The fourth-order valence-corrected chi connectivity index (χ4v) is 3.15. The maximum absolute atomic E-state index is 3.60. The molecule has 1 aliphatic carbocycles. The summed E-state index contributed by atoms with van der Waals surface area (Å²) >= 11 is 0. The number of rotatable bonds is 7. The Balaban J connectivity index is 1.85. The number of hydrogen-bond acceptors (Lipinski definition) is 1. The van der Waals surface area contributed by atoms with Gasteiger partial charge in [-0.15, -0.1) is 0 Å². The molecule has 1 aromatic carbocycles. The molecule has 20 heavy (non-hydrogen) atoms. The second-order valence-corrected chi connectivity index (χ2v) is 6.64. The van der Waals surface area contributed by atoms with E-state index in [0.29, 0.717) is 0 Å². The first-order valence-corrected chi connectivity index (χ1v) is 8.31. The van der Waals surface area contributed by atoms with E-state index in [4.69, 9.17) is 0 Å². The van der Waals surface area contributed by atoms with E-state index in [0.717, 1.165) is 6.04 Å². The van der Waals surface area contributed by atoms with E-state index in [1.807, 2.05) is 0 Å². The summed E-state index contributed by atoms with van der Waals surface area (Å²) in [5.74, 6) is 0. The molecule has 1 aliphatic rings. The third-order valence-electron chi connectivity index (χ3n) is 5.27. The van der Waals surface area contributed by atoms with E-state index in [9.17, 15) is 0 Å². The van der Waals surface area contributed by atoms with Gasteiger partial charge in [-0.2, -0.15) is 0 Å². The van der Waals surface area contributed by atoms with Gasteiger partial charge in [0.15, 0.2) is 0 Å². The van der Waals surface area contributed by atoms with Crippen molar-refractivity contribution < 1.29 is 0 Å². The third kappa shape index (κ3) is 3.63. The van der Waals surface area contributed by atoms with Crippen molar-refractivity contribution in [2.24, 2.45) is 0 Å². The van der Waals surface area contributed by atoms with E-state index in [-0.39, 0.29) is 0 Å². The van der Waals surface area contributed by atoms with Crippen molar-refractivity contribution >= 4 is 0 Å². The Morgan fingerprint density at radius 3 is 1.85 bits per heavy atom. The first kappa shape index (κ1) is 15.6. The van der Waals surface area contributed by atoms with Crippen LogP contribution in [0, 0.1) is 34.6 Å². The minimum atomic E-state index is 0.863. The van der Waals surface area contributed by atoms with E-state index >= 15 is 0 Å². The Hall–Kier alpha value is -0.820. The first-order chi connectivity index (χ1) is 9.52. The number of unbranched alkanes of at least 4 members (excludes halogenated alkanes) is 2. The van der Waals surface area contributed by atoms with Crippen LogP contribution < -0.4 is 5.32 Å². The van der Waals surface area contributed by atoms with Crippen LogP contribution in [-0.2, 0) is 6.42 Å². The molecule has 1 heteroatoms. The number of nitrogens with one attached hydrogen (secondary N) is 1. The molecular formula is C19H31N. The van der Waals surface area contributed by atoms with Gasteiger partial charge in [0.05, 0.1) is 0 Å². The molecule has 0 atom stereocenters. The van der Waals surface area contributed by atoms with Gasteiger partial charge in [-0.25, -0.2) is 0 Å². The summed E-state index contributed by atoms with van der Waals surface area (Å²) in [6, 6.07) is 0.863. The summed E-state index contributed by atoms with van der Waals surface area (Å²) in [5.41, 5.74) is 9.15. The Morgan fingerprint density at radius 2 is 1.30 bits per heavy atom. The molecule has 112 valence electrons. The van der Waals surface area contributed by atoms with Crippen LogP contribution in [0.3, 0.4) is 0 Å². The monoisotopic (exact) mass is 273 g/mol. The molecule has 0 radical (unpaired) electrons. The SMILES string of the molecule is Cc1c(C)c(C)c(CCCCCNC2CC2)c(C)c1C. The van der Waals surface area contributed by atoms with Crippen LogP contribution in [0.1, 0.15) is 65.5 Å². The average Bonchev–Trinajstić information content (AvgIpc) is 3.25. The summed E-state index contributed by atoms with van der Waals surface area (Å²) in [5, 5.41) is 3.60. The Morgan fingerprint density at radius 1 is 0.750 bits per heavy atom. The summed E-state index contributed by atoms with van der Waals surface area (Å²) < 4.78 is 0. The zero-order valence-electron chi connectivity index (χ0n) is 14.0. The van der Waals surface area contributed by atoms with Crippen LogP contribution in [0.2, 0.25) is 0 Å². The highest BCUT2D eigenvalue weighted by molar-refractivity contribution is 5.49. The van der Waals surface area contributed by atoms with Gasteiger partial charge in [-0.1, -0.05) is 6.42 Å². The minimum absolute atomic E-state index is 0.863. The lowest BCUT2D eigenvalue weighted by atomic mass is 9.87. The largest absolute Gasteiger partial charge is 0.314 e. The quantitative estimate of drug-likeness (QED) is 0.710. The summed E-state index contributed by atoms with van der Waals surface area (Å²) in [7, 11) is 0. The van der Waals surface area contributed by atoms with Gasteiger partial charge in [-0.05, 0) is 107 Å².